The van der Waals surface area contributed by atoms with Crippen LogP contribution in [0.4, 0.5) is 9.18 Å². The molecule has 1 aromatic heterocycles. The van der Waals surface area contributed by atoms with Crippen LogP contribution in [0.1, 0.15) is 34.8 Å². The summed E-state index contributed by atoms with van der Waals surface area (Å²) >= 11 is 0. The fourth-order valence-electron chi connectivity index (χ4n) is 2.51. The van der Waals surface area contributed by atoms with Crippen molar-refractivity contribution in [2.24, 2.45) is 0 Å². The first-order chi connectivity index (χ1) is 15.0. The Labute approximate surface area is 176 Å². The lowest BCUT2D eigenvalue weighted by atomic mass is 10.1. The summed E-state index contributed by atoms with van der Waals surface area (Å²) in [7, 11) is 0. The predicted octanol–water partition coefficient (Wildman–Crippen LogP) is 4.24. The van der Waals surface area contributed by atoms with E-state index in [1.54, 1.807) is 18.2 Å². The number of nitriles is 1. The monoisotopic (exact) mass is 421 g/mol. The van der Waals surface area contributed by atoms with E-state index in [0.29, 0.717) is 5.56 Å². The van der Waals surface area contributed by atoms with E-state index >= 15 is 0 Å². The molecular formula is C22H16FN3O5. The number of benzene rings is 2. The van der Waals surface area contributed by atoms with Gasteiger partial charge in [0.1, 0.15) is 17.6 Å². The molecule has 3 aromatic rings. The van der Waals surface area contributed by atoms with Crippen LogP contribution in [0.2, 0.25) is 0 Å². The molecule has 0 aliphatic heterocycles. The van der Waals surface area contributed by atoms with Crippen molar-refractivity contribution in [3.63, 3.8) is 0 Å². The smallest absolute Gasteiger partial charge is 0.420 e. The third-order valence-corrected chi connectivity index (χ3v) is 3.98. The maximum atomic E-state index is 13.5. The van der Waals surface area contributed by atoms with Gasteiger partial charge in [0, 0.05) is 6.07 Å². The zero-order valence-corrected chi connectivity index (χ0v) is 16.4. The molecule has 1 heterocycles. The number of aryl methyl sites for hydroxylation is 1. The second kappa shape index (κ2) is 9.93. The van der Waals surface area contributed by atoms with Crippen LogP contribution in [-0.4, -0.2) is 22.1 Å². The number of ether oxygens (including phenoxy) is 3. The second-order valence-electron chi connectivity index (χ2n) is 6.25. The molecule has 0 aliphatic carbocycles. The van der Waals surface area contributed by atoms with Crippen LogP contribution in [-0.2, 0) is 6.42 Å². The van der Waals surface area contributed by atoms with Gasteiger partial charge in [0.05, 0.1) is 23.5 Å². The van der Waals surface area contributed by atoms with E-state index in [1.165, 1.54) is 6.07 Å². The van der Waals surface area contributed by atoms with Crippen LogP contribution < -0.4 is 14.2 Å². The molecule has 0 saturated carbocycles. The number of aromatic nitrogens is 2. The van der Waals surface area contributed by atoms with E-state index in [4.69, 9.17) is 19.5 Å². The molecule has 9 heteroatoms. The molecule has 0 bridgehead atoms. The summed E-state index contributed by atoms with van der Waals surface area (Å²) in [4.78, 5) is 31.5. The first kappa shape index (κ1) is 21.4. The largest absolute Gasteiger partial charge is 0.521 e. The number of carbonyl (C=O) groups is 2. The fourth-order valence-corrected chi connectivity index (χ4v) is 2.51. The Morgan fingerprint density at radius 2 is 1.71 bits per heavy atom. The molecule has 3 rings (SSSR count). The Morgan fingerprint density at radius 1 is 1.00 bits per heavy atom. The van der Waals surface area contributed by atoms with E-state index in [-0.39, 0.29) is 23.1 Å². The van der Waals surface area contributed by atoms with Crippen LogP contribution in [0.3, 0.4) is 0 Å². The van der Waals surface area contributed by atoms with Crippen LogP contribution in [0.15, 0.2) is 54.9 Å². The minimum absolute atomic E-state index is 0.0533. The molecule has 0 fully saturated rings. The molecule has 0 atom stereocenters. The molecule has 0 amide bonds. The number of carbonyl (C=O) groups excluding carboxylic acids is 2. The molecule has 0 saturated heterocycles. The lowest BCUT2D eigenvalue weighted by Gasteiger charge is -2.06. The second-order valence-corrected chi connectivity index (χ2v) is 6.25. The standard InChI is InChI=1S/C22H16FN3O5/c1-2-3-14-4-6-15(7-5-14)20(27)29-18-12-25-21(26-13-18)31-22(28)30-17-9-8-16(11-24)19(23)10-17/h4-10,12-13H,2-3H2,1H3. The van der Waals surface area contributed by atoms with E-state index in [1.807, 2.05) is 12.1 Å². The molecule has 31 heavy (non-hydrogen) atoms. The summed E-state index contributed by atoms with van der Waals surface area (Å²) < 4.78 is 28.3. The Hall–Kier alpha value is -4.32. The van der Waals surface area contributed by atoms with Gasteiger partial charge in [-0.1, -0.05) is 25.5 Å². The third-order valence-electron chi connectivity index (χ3n) is 3.98. The highest BCUT2D eigenvalue weighted by Crippen LogP contribution is 2.18. The van der Waals surface area contributed by atoms with Crippen LogP contribution in [0.5, 0.6) is 17.5 Å². The van der Waals surface area contributed by atoms with Crippen molar-refractivity contribution >= 4 is 12.1 Å². The number of rotatable bonds is 6. The minimum Gasteiger partial charge on any atom is -0.420 e. The molecule has 2 aromatic carbocycles. The number of esters is 1. The Balaban J connectivity index is 1.56. The highest BCUT2D eigenvalue weighted by molar-refractivity contribution is 5.91. The summed E-state index contributed by atoms with van der Waals surface area (Å²) in [5.74, 6) is -1.52. The van der Waals surface area contributed by atoms with Crippen molar-refractivity contribution in [2.45, 2.75) is 19.8 Å². The van der Waals surface area contributed by atoms with Crippen molar-refractivity contribution in [1.29, 1.82) is 5.26 Å². The van der Waals surface area contributed by atoms with Crippen LogP contribution in [0.25, 0.3) is 0 Å². The fraction of sp³-hybridized carbons (Fsp3) is 0.136. The van der Waals surface area contributed by atoms with Crippen molar-refractivity contribution in [1.82, 2.24) is 9.97 Å². The highest BCUT2D eigenvalue weighted by atomic mass is 19.1. The van der Waals surface area contributed by atoms with Gasteiger partial charge in [0.15, 0.2) is 5.75 Å². The SMILES string of the molecule is CCCc1ccc(C(=O)Oc2cnc(OC(=O)Oc3ccc(C#N)c(F)c3)nc2)cc1. The summed E-state index contributed by atoms with van der Waals surface area (Å²) in [6.45, 7) is 2.07. The molecule has 0 aliphatic rings. The van der Waals surface area contributed by atoms with Gasteiger partial charge in [-0.2, -0.15) is 15.2 Å². The Bertz CT molecular complexity index is 1130. The predicted molar refractivity (Wildman–Crippen MR) is 105 cm³/mol. The molecule has 0 radical (unpaired) electrons. The van der Waals surface area contributed by atoms with Gasteiger partial charge in [0.2, 0.25) is 0 Å². The van der Waals surface area contributed by atoms with Gasteiger partial charge in [-0.3, -0.25) is 0 Å². The molecule has 156 valence electrons. The number of hydrogen-bond acceptors (Lipinski definition) is 8. The zero-order valence-electron chi connectivity index (χ0n) is 16.4. The van der Waals surface area contributed by atoms with Gasteiger partial charge in [0.25, 0.3) is 0 Å². The van der Waals surface area contributed by atoms with E-state index < -0.39 is 17.9 Å². The van der Waals surface area contributed by atoms with Gasteiger partial charge < -0.3 is 14.2 Å². The number of hydrogen-bond donors (Lipinski definition) is 0. The first-order valence-corrected chi connectivity index (χ1v) is 9.21. The van der Waals surface area contributed by atoms with E-state index in [0.717, 1.165) is 42.9 Å². The first-order valence-electron chi connectivity index (χ1n) is 9.21. The molecule has 8 nitrogen and oxygen atoms in total. The minimum atomic E-state index is -1.21. The summed E-state index contributed by atoms with van der Waals surface area (Å²) in [5.41, 5.74) is 1.31. The van der Waals surface area contributed by atoms with E-state index in [2.05, 4.69) is 16.9 Å². The van der Waals surface area contributed by atoms with Gasteiger partial charge in [-0.25, -0.2) is 14.0 Å². The van der Waals surface area contributed by atoms with Crippen LogP contribution in [0, 0.1) is 17.1 Å². The molecule has 0 unspecified atom stereocenters. The topological polar surface area (TPSA) is 111 Å². The maximum Gasteiger partial charge on any atom is 0.521 e. The molecule has 0 N–H and O–H groups in total. The normalized spacial score (nSPS) is 10.1. The van der Waals surface area contributed by atoms with E-state index in [9.17, 15) is 14.0 Å². The highest BCUT2D eigenvalue weighted by Gasteiger charge is 2.14. The van der Waals surface area contributed by atoms with Gasteiger partial charge in [-0.05, 0) is 36.2 Å². The lowest BCUT2D eigenvalue weighted by molar-refractivity contribution is 0.0732. The van der Waals surface area contributed by atoms with Crippen molar-refractivity contribution in [3.05, 3.63) is 77.4 Å². The Kier molecular flexibility index (Phi) is 6.85. The van der Waals surface area contributed by atoms with Crippen LogP contribution >= 0.6 is 0 Å². The summed E-state index contributed by atoms with van der Waals surface area (Å²) in [6.07, 6.45) is 3.03. The average molecular weight is 421 g/mol. The quantitative estimate of drug-likeness (QED) is 0.429. The van der Waals surface area contributed by atoms with Gasteiger partial charge >= 0.3 is 18.1 Å². The number of halogens is 1. The lowest BCUT2D eigenvalue weighted by Crippen LogP contribution is -2.15. The maximum absolute atomic E-state index is 13.5. The molecule has 0 spiro atoms. The van der Waals surface area contributed by atoms with Crippen molar-refractivity contribution in [2.75, 3.05) is 0 Å². The van der Waals surface area contributed by atoms with Crippen molar-refractivity contribution < 1.29 is 28.2 Å². The average Bonchev–Trinajstić information content (AvgIpc) is 2.76. The summed E-state index contributed by atoms with van der Waals surface area (Å²) in [5, 5.41) is 8.69. The van der Waals surface area contributed by atoms with Gasteiger partial charge in [-0.15, -0.1) is 0 Å². The molecular weight excluding hydrogens is 405 g/mol. The van der Waals surface area contributed by atoms with Crippen molar-refractivity contribution in [3.8, 4) is 23.6 Å². The number of nitrogens with zero attached hydrogens (tertiary/aromatic N) is 3. The Morgan fingerprint density at radius 3 is 2.32 bits per heavy atom. The zero-order chi connectivity index (χ0) is 22.2. The summed E-state index contributed by atoms with van der Waals surface area (Å²) in [6, 6.07) is 11.6. The third kappa shape index (κ3) is 5.83.